The first-order valence-corrected chi connectivity index (χ1v) is 7.71. The molecule has 0 spiro atoms. The van der Waals surface area contributed by atoms with Crippen molar-refractivity contribution in [2.75, 3.05) is 18.6 Å². The maximum atomic E-state index is 6.46. The Labute approximate surface area is 124 Å². The van der Waals surface area contributed by atoms with Gasteiger partial charge in [-0.2, -0.15) is 0 Å². The molecule has 3 N–H and O–H groups in total. The van der Waals surface area contributed by atoms with Crippen LogP contribution in [0.2, 0.25) is 0 Å². The van der Waals surface area contributed by atoms with E-state index < -0.39 is 0 Å². The second-order valence-corrected chi connectivity index (χ2v) is 5.47. The Morgan fingerprint density at radius 3 is 2.45 bits per heavy atom. The normalized spacial score (nSPS) is 12.2. The molecule has 20 heavy (non-hydrogen) atoms. The lowest BCUT2D eigenvalue weighted by atomic mass is 9.93. The van der Waals surface area contributed by atoms with Crippen molar-refractivity contribution in [2.24, 2.45) is 5.73 Å². The minimum absolute atomic E-state index is 0.227. The average molecular weight is 288 g/mol. The first-order valence-electron chi connectivity index (χ1n) is 6.48. The Morgan fingerprint density at radius 1 is 1.25 bits per heavy atom. The maximum Gasteiger partial charge on any atom is 0.189 e. The molecule has 5 heteroatoms. The lowest BCUT2D eigenvalue weighted by Crippen LogP contribution is -2.17. The fourth-order valence-corrected chi connectivity index (χ4v) is 2.72. The second-order valence-electron chi connectivity index (χ2n) is 4.69. The summed E-state index contributed by atoms with van der Waals surface area (Å²) in [6.07, 6.45) is 3.78. The summed E-state index contributed by atoms with van der Waals surface area (Å²) in [5.41, 5.74) is 10.9. The SMILES string of the molecule is CNc1nc(SC)ncc1C(N)c1c(C)cccc1C. The highest BCUT2D eigenvalue weighted by molar-refractivity contribution is 7.98. The molecule has 1 aromatic heterocycles. The highest BCUT2D eigenvalue weighted by Crippen LogP contribution is 2.29. The lowest BCUT2D eigenvalue weighted by molar-refractivity contribution is 0.817. The molecular formula is C15H20N4S. The number of benzene rings is 1. The summed E-state index contributed by atoms with van der Waals surface area (Å²) < 4.78 is 0. The van der Waals surface area contributed by atoms with Crippen LogP contribution in [-0.2, 0) is 0 Å². The summed E-state index contributed by atoms with van der Waals surface area (Å²) in [4.78, 5) is 8.82. The van der Waals surface area contributed by atoms with Crippen LogP contribution in [0.5, 0.6) is 0 Å². The Bertz CT molecular complexity index is 593. The number of thioether (sulfide) groups is 1. The molecule has 0 amide bonds. The van der Waals surface area contributed by atoms with Crippen molar-refractivity contribution >= 4 is 17.6 Å². The van der Waals surface area contributed by atoms with Gasteiger partial charge in [-0.05, 0) is 36.8 Å². The van der Waals surface area contributed by atoms with Crippen LogP contribution in [0.25, 0.3) is 0 Å². The average Bonchev–Trinajstić information content (AvgIpc) is 2.46. The summed E-state index contributed by atoms with van der Waals surface area (Å²) in [5.74, 6) is 0.791. The maximum absolute atomic E-state index is 6.46. The van der Waals surface area contributed by atoms with Gasteiger partial charge in [-0.1, -0.05) is 30.0 Å². The van der Waals surface area contributed by atoms with Gasteiger partial charge in [0.1, 0.15) is 5.82 Å². The van der Waals surface area contributed by atoms with E-state index in [1.165, 1.54) is 22.9 Å². The molecule has 0 saturated heterocycles. The van der Waals surface area contributed by atoms with E-state index in [0.29, 0.717) is 0 Å². The zero-order valence-electron chi connectivity index (χ0n) is 12.3. The van der Waals surface area contributed by atoms with Gasteiger partial charge in [-0.15, -0.1) is 0 Å². The molecule has 2 aromatic rings. The van der Waals surface area contributed by atoms with E-state index in [0.717, 1.165) is 22.1 Å². The van der Waals surface area contributed by atoms with Gasteiger partial charge in [-0.25, -0.2) is 9.97 Å². The molecule has 0 aliphatic rings. The van der Waals surface area contributed by atoms with Crippen LogP contribution in [0, 0.1) is 13.8 Å². The molecule has 1 aromatic carbocycles. The van der Waals surface area contributed by atoms with Crippen molar-refractivity contribution in [3.8, 4) is 0 Å². The van der Waals surface area contributed by atoms with Crippen LogP contribution in [0.3, 0.4) is 0 Å². The van der Waals surface area contributed by atoms with Crippen LogP contribution in [0.4, 0.5) is 5.82 Å². The number of rotatable bonds is 4. The zero-order chi connectivity index (χ0) is 14.7. The highest BCUT2D eigenvalue weighted by Gasteiger charge is 2.18. The van der Waals surface area contributed by atoms with E-state index in [1.807, 2.05) is 25.6 Å². The van der Waals surface area contributed by atoms with E-state index in [9.17, 15) is 0 Å². The van der Waals surface area contributed by atoms with Gasteiger partial charge < -0.3 is 11.1 Å². The van der Waals surface area contributed by atoms with Gasteiger partial charge >= 0.3 is 0 Å². The van der Waals surface area contributed by atoms with Crippen molar-refractivity contribution < 1.29 is 0 Å². The van der Waals surface area contributed by atoms with Gasteiger partial charge in [0.15, 0.2) is 5.16 Å². The molecule has 0 bridgehead atoms. The third-order valence-electron chi connectivity index (χ3n) is 3.40. The Morgan fingerprint density at radius 2 is 1.90 bits per heavy atom. The van der Waals surface area contributed by atoms with E-state index >= 15 is 0 Å². The Hall–Kier alpha value is -1.59. The van der Waals surface area contributed by atoms with Crippen LogP contribution in [-0.4, -0.2) is 23.3 Å². The molecule has 0 fully saturated rings. The third kappa shape index (κ3) is 2.78. The topological polar surface area (TPSA) is 63.8 Å². The van der Waals surface area contributed by atoms with Crippen molar-refractivity contribution in [1.29, 1.82) is 0 Å². The summed E-state index contributed by atoms with van der Waals surface area (Å²) in [6.45, 7) is 4.16. The number of hydrogen-bond donors (Lipinski definition) is 2. The molecule has 4 nitrogen and oxygen atoms in total. The van der Waals surface area contributed by atoms with Gasteiger partial charge in [-0.3, -0.25) is 0 Å². The number of aromatic nitrogens is 2. The van der Waals surface area contributed by atoms with Crippen molar-refractivity contribution in [1.82, 2.24) is 9.97 Å². The Kier molecular flexibility index (Phi) is 4.62. The van der Waals surface area contributed by atoms with Crippen molar-refractivity contribution in [3.63, 3.8) is 0 Å². The quantitative estimate of drug-likeness (QED) is 0.669. The molecular weight excluding hydrogens is 268 g/mol. The smallest absolute Gasteiger partial charge is 0.189 e. The van der Waals surface area contributed by atoms with Gasteiger partial charge in [0.05, 0.1) is 6.04 Å². The monoisotopic (exact) mass is 288 g/mol. The standard InChI is InChI=1S/C15H20N4S/c1-9-6-5-7-10(2)12(9)13(16)11-8-18-15(20-4)19-14(11)17-3/h5-8,13H,16H2,1-4H3,(H,17,18,19). The second kappa shape index (κ2) is 6.24. The van der Waals surface area contributed by atoms with E-state index in [4.69, 9.17) is 5.73 Å². The lowest BCUT2D eigenvalue weighted by Gasteiger charge is -2.20. The zero-order valence-corrected chi connectivity index (χ0v) is 13.1. The summed E-state index contributed by atoms with van der Waals surface area (Å²) in [6, 6.07) is 5.98. The molecule has 0 aliphatic heterocycles. The summed E-state index contributed by atoms with van der Waals surface area (Å²) >= 11 is 1.52. The van der Waals surface area contributed by atoms with E-state index in [1.54, 1.807) is 0 Å². The summed E-state index contributed by atoms with van der Waals surface area (Å²) in [7, 11) is 1.85. The molecule has 0 saturated carbocycles. The van der Waals surface area contributed by atoms with Crippen LogP contribution < -0.4 is 11.1 Å². The number of nitrogens with two attached hydrogens (primary N) is 1. The minimum atomic E-state index is -0.227. The van der Waals surface area contributed by atoms with Crippen LogP contribution >= 0.6 is 11.8 Å². The molecule has 2 rings (SSSR count). The fourth-order valence-electron chi connectivity index (χ4n) is 2.37. The first-order chi connectivity index (χ1) is 9.58. The largest absolute Gasteiger partial charge is 0.373 e. The van der Waals surface area contributed by atoms with E-state index in [2.05, 4.69) is 41.3 Å². The van der Waals surface area contributed by atoms with E-state index in [-0.39, 0.29) is 6.04 Å². The van der Waals surface area contributed by atoms with Gasteiger partial charge in [0.25, 0.3) is 0 Å². The first kappa shape index (κ1) is 14.8. The van der Waals surface area contributed by atoms with Gasteiger partial charge in [0, 0.05) is 18.8 Å². The number of nitrogens with one attached hydrogen (secondary N) is 1. The molecule has 1 heterocycles. The number of aryl methyl sites for hydroxylation is 2. The third-order valence-corrected chi connectivity index (χ3v) is 3.96. The Balaban J connectivity index is 2.50. The molecule has 106 valence electrons. The molecule has 1 unspecified atom stereocenters. The molecule has 1 atom stereocenters. The summed E-state index contributed by atoms with van der Waals surface area (Å²) in [5, 5.41) is 3.86. The van der Waals surface area contributed by atoms with Crippen LogP contribution in [0.15, 0.2) is 29.6 Å². The predicted octanol–water partition coefficient (Wildman–Crippen LogP) is 2.91. The minimum Gasteiger partial charge on any atom is -0.373 e. The van der Waals surface area contributed by atoms with Crippen molar-refractivity contribution in [3.05, 3.63) is 46.6 Å². The highest BCUT2D eigenvalue weighted by atomic mass is 32.2. The number of hydrogen-bond acceptors (Lipinski definition) is 5. The predicted molar refractivity (Wildman–Crippen MR) is 85.3 cm³/mol. The molecule has 0 aliphatic carbocycles. The van der Waals surface area contributed by atoms with Crippen LogP contribution in [0.1, 0.15) is 28.3 Å². The number of anilines is 1. The van der Waals surface area contributed by atoms with Gasteiger partial charge in [0.2, 0.25) is 0 Å². The number of nitrogens with zero attached hydrogens (tertiary/aromatic N) is 2. The van der Waals surface area contributed by atoms with Crippen molar-refractivity contribution in [2.45, 2.75) is 25.0 Å². The molecule has 0 radical (unpaired) electrons. The fraction of sp³-hybridized carbons (Fsp3) is 0.333.